The van der Waals surface area contributed by atoms with E-state index in [0.717, 1.165) is 11.4 Å². The zero-order valence-corrected chi connectivity index (χ0v) is 10.2. The fraction of sp³-hybridized carbons (Fsp3) is 0.308. The molecule has 0 saturated heterocycles. The molecule has 2 rings (SSSR count). The predicted octanol–water partition coefficient (Wildman–Crippen LogP) is 2.65. The van der Waals surface area contributed by atoms with Crippen molar-refractivity contribution in [1.29, 1.82) is 0 Å². The van der Waals surface area contributed by atoms with Crippen molar-refractivity contribution in [3.63, 3.8) is 0 Å². The second-order valence-electron chi connectivity index (χ2n) is 4.30. The largest absolute Gasteiger partial charge is 0.324 e. The number of aromatic nitrogens is 2. The number of benzene rings is 1. The minimum absolute atomic E-state index is 0.287. The summed E-state index contributed by atoms with van der Waals surface area (Å²) in [5.41, 5.74) is 8.91. The Morgan fingerprint density at radius 2 is 2.06 bits per heavy atom. The third-order valence-corrected chi connectivity index (χ3v) is 2.72. The first-order valence-electron chi connectivity index (χ1n) is 5.58. The summed E-state index contributed by atoms with van der Waals surface area (Å²) >= 11 is 0. The summed E-state index contributed by atoms with van der Waals surface area (Å²) in [7, 11) is 0. The van der Waals surface area contributed by atoms with Crippen LogP contribution in [0.2, 0.25) is 0 Å². The van der Waals surface area contributed by atoms with E-state index < -0.39 is 0 Å². The van der Waals surface area contributed by atoms with Crippen LogP contribution < -0.4 is 5.73 Å². The molecule has 0 aliphatic rings. The number of halogens is 1. The molecule has 0 radical (unpaired) electrons. The summed E-state index contributed by atoms with van der Waals surface area (Å²) in [5, 5.41) is 4.36. The highest BCUT2D eigenvalue weighted by Gasteiger charge is 2.15. The predicted molar refractivity (Wildman–Crippen MR) is 65.6 cm³/mol. The van der Waals surface area contributed by atoms with E-state index in [4.69, 9.17) is 5.73 Å². The average Bonchev–Trinajstić information content (AvgIpc) is 2.56. The topological polar surface area (TPSA) is 43.8 Å². The van der Waals surface area contributed by atoms with Crippen LogP contribution in [0.25, 0.3) is 5.69 Å². The monoisotopic (exact) mass is 233 g/mol. The van der Waals surface area contributed by atoms with Gasteiger partial charge in [-0.1, -0.05) is 6.07 Å². The van der Waals surface area contributed by atoms with E-state index in [-0.39, 0.29) is 11.9 Å². The molecular weight excluding hydrogens is 217 g/mol. The molecule has 0 unspecified atom stereocenters. The maximum absolute atomic E-state index is 13.8. The van der Waals surface area contributed by atoms with E-state index in [0.29, 0.717) is 11.3 Å². The first-order valence-corrected chi connectivity index (χ1v) is 5.58. The lowest BCUT2D eigenvalue weighted by Crippen LogP contribution is -2.13. The van der Waals surface area contributed by atoms with Gasteiger partial charge in [0, 0.05) is 17.3 Å². The quantitative estimate of drug-likeness (QED) is 0.866. The van der Waals surface area contributed by atoms with Crippen LogP contribution in [0, 0.1) is 19.7 Å². The maximum atomic E-state index is 13.8. The highest BCUT2D eigenvalue weighted by atomic mass is 19.1. The van der Waals surface area contributed by atoms with Crippen LogP contribution in [-0.2, 0) is 0 Å². The van der Waals surface area contributed by atoms with Crippen LogP contribution >= 0.6 is 0 Å². The van der Waals surface area contributed by atoms with Gasteiger partial charge >= 0.3 is 0 Å². The molecule has 2 aromatic rings. The Morgan fingerprint density at radius 1 is 1.35 bits per heavy atom. The number of aryl methyl sites for hydroxylation is 2. The molecule has 17 heavy (non-hydrogen) atoms. The van der Waals surface area contributed by atoms with Gasteiger partial charge in [-0.3, -0.25) is 0 Å². The molecule has 1 heterocycles. The lowest BCUT2D eigenvalue weighted by molar-refractivity contribution is 0.588. The van der Waals surface area contributed by atoms with Crippen molar-refractivity contribution in [3.8, 4) is 5.69 Å². The van der Waals surface area contributed by atoms with Crippen LogP contribution in [0.15, 0.2) is 24.3 Å². The zero-order chi connectivity index (χ0) is 12.6. The van der Waals surface area contributed by atoms with E-state index >= 15 is 0 Å². The highest BCUT2D eigenvalue weighted by Crippen LogP contribution is 2.24. The first kappa shape index (κ1) is 11.8. The zero-order valence-electron chi connectivity index (χ0n) is 10.2. The van der Waals surface area contributed by atoms with Crippen molar-refractivity contribution in [3.05, 3.63) is 47.0 Å². The third-order valence-electron chi connectivity index (χ3n) is 2.72. The van der Waals surface area contributed by atoms with Gasteiger partial charge in [-0.2, -0.15) is 5.10 Å². The van der Waals surface area contributed by atoms with Gasteiger partial charge in [0.1, 0.15) is 5.82 Å². The molecule has 1 atom stereocenters. The normalized spacial score (nSPS) is 12.8. The number of nitrogens with two attached hydrogens (primary N) is 1. The smallest absolute Gasteiger partial charge is 0.130 e. The van der Waals surface area contributed by atoms with Gasteiger partial charge in [0.05, 0.1) is 11.4 Å². The molecule has 2 N–H and O–H groups in total. The van der Waals surface area contributed by atoms with E-state index in [1.165, 1.54) is 6.07 Å². The van der Waals surface area contributed by atoms with Crippen LogP contribution in [-0.4, -0.2) is 9.78 Å². The molecule has 0 fully saturated rings. The molecule has 0 amide bonds. The van der Waals surface area contributed by atoms with Gasteiger partial charge < -0.3 is 5.73 Å². The molecular formula is C13H16FN3. The van der Waals surface area contributed by atoms with Crippen molar-refractivity contribution in [2.75, 3.05) is 0 Å². The van der Waals surface area contributed by atoms with Crippen LogP contribution in [0.3, 0.4) is 0 Å². The lowest BCUT2D eigenvalue weighted by Gasteiger charge is -2.14. The van der Waals surface area contributed by atoms with E-state index in [1.807, 2.05) is 26.0 Å². The fourth-order valence-corrected chi connectivity index (χ4v) is 2.03. The lowest BCUT2D eigenvalue weighted by atomic mass is 10.1. The van der Waals surface area contributed by atoms with E-state index in [9.17, 15) is 4.39 Å². The van der Waals surface area contributed by atoms with Crippen LogP contribution in [0.5, 0.6) is 0 Å². The Kier molecular flexibility index (Phi) is 2.98. The Balaban J connectivity index is 2.67. The summed E-state index contributed by atoms with van der Waals surface area (Å²) in [4.78, 5) is 0. The fourth-order valence-electron chi connectivity index (χ4n) is 2.03. The van der Waals surface area contributed by atoms with Crippen molar-refractivity contribution >= 4 is 0 Å². The van der Waals surface area contributed by atoms with Gasteiger partial charge in [-0.15, -0.1) is 0 Å². The Bertz CT molecular complexity index is 544. The molecule has 3 nitrogen and oxygen atoms in total. The summed E-state index contributed by atoms with van der Waals surface area (Å²) < 4.78 is 15.5. The molecule has 0 aliphatic heterocycles. The summed E-state index contributed by atoms with van der Waals surface area (Å²) in [6.45, 7) is 5.62. The van der Waals surface area contributed by atoms with Gasteiger partial charge in [0.15, 0.2) is 0 Å². The molecule has 4 heteroatoms. The second kappa shape index (κ2) is 4.30. The van der Waals surface area contributed by atoms with Crippen molar-refractivity contribution in [1.82, 2.24) is 9.78 Å². The van der Waals surface area contributed by atoms with Crippen molar-refractivity contribution < 1.29 is 4.39 Å². The van der Waals surface area contributed by atoms with Crippen molar-refractivity contribution in [2.45, 2.75) is 26.8 Å². The van der Waals surface area contributed by atoms with E-state index in [2.05, 4.69) is 5.10 Å². The number of rotatable bonds is 2. The molecule has 0 aliphatic carbocycles. The number of hydrogen-bond donors (Lipinski definition) is 1. The van der Waals surface area contributed by atoms with Crippen LogP contribution in [0.1, 0.15) is 29.9 Å². The van der Waals surface area contributed by atoms with Gasteiger partial charge in [-0.25, -0.2) is 9.07 Å². The first-order chi connectivity index (χ1) is 8.00. The third kappa shape index (κ3) is 2.08. The second-order valence-corrected chi connectivity index (χ2v) is 4.30. The summed E-state index contributed by atoms with van der Waals surface area (Å²) in [6.07, 6.45) is 0. The maximum Gasteiger partial charge on any atom is 0.130 e. The molecule has 1 aromatic heterocycles. The Hall–Kier alpha value is -1.68. The minimum atomic E-state index is -0.366. The number of nitrogens with zero attached hydrogens (tertiary/aromatic N) is 2. The SMILES string of the molecule is Cc1cc(C)n(-c2cccc(F)c2[C@@H](C)N)n1. The van der Waals surface area contributed by atoms with Gasteiger partial charge in [0.2, 0.25) is 0 Å². The minimum Gasteiger partial charge on any atom is -0.324 e. The van der Waals surface area contributed by atoms with Gasteiger partial charge in [0.25, 0.3) is 0 Å². The molecule has 0 saturated carbocycles. The van der Waals surface area contributed by atoms with Crippen molar-refractivity contribution in [2.24, 2.45) is 5.73 Å². The summed E-state index contributed by atoms with van der Waals surface area (Å²) in [5.74, 6) is -0.287. The highest BCUT2D eigenvalue weighted by molar-refractivity contribution is 5.44. The molecule has 1 aromatic carbocycles. The van der Waals surface area contributed by atoms with E-state index in [1.54, 1.807) is 17.7 Å². The molecule has 0 spiro atoms. The molecule has 0 bridgehead atoms. The average molecular weight is 233 g/mol. The van der Waals surface area contributed by atoms with Gasteiger partial charge in [-0.05, 0) is 39.0 Å². The van der Waals surface area contributed by atoms with Crippen LogP contribution in [0.4, 0.5) is 4.39 Å². The molecule has 90 valence electrons. The standard InChI is InChI=1S/C13H16FN3/c1-8-7-9(2)17(16-8)12-6-4-5-11(14)13(12)10(3)15/h4-7,10H,15H2,1-3H3/t10-/m1/s1. The number of hydrogen-bond acceptors (Lipinski definition) is 2. The Labute approximate surface area is 100 Å². The Morgan fingerprint density at radius 3 is 2.59 bits per heavy atom. The summed E-state index contributed by atoms with van der Waals surface area (Å²) in [6, 6.07) is 6.52.